The Kier molecular flexibility index (Phi) is 4.41. The van der Waals surface area contributed by atoms with Gasteiger partial charge in [-0.15, -0.1) is 0 Å². The van der Waals surface area contributed by atoms with Crippen molar-refractivity contribution < 1.29 is 14.3 Å². The highest BCUT2D eigenvalue weighted by atomic mass is 16.5. The van der Waals surface area contributed by atoms with E-state index in [1.807, 2.05) is 12.1 Å². The number of morpholine rings is 1. The number of ether oxygens (including phenoxy) is 2. The van der Waals surface area contributed by atoms with Crippen LogP contribution in [-0.4, -0.2) is 56.3 Å². The van der Waals surface area contributed by atoms with Gasteiger partial charge in [-0.3, -0.25) is 9.69 Å². The zero-order chi connectivity index (χ0) is 14.7. The van der Waals surface area contributed by atoms with E-state index in [1.165, 1.54) is 12.8 Å². The molecular formula is C16H22N2O3. The maximum atomic E-state index is 12.2. The van der Waals surface area contributed by atoms with Crippen molar-refractivity contribution >= 4 is 5.91 Å². The van der Waals surface area contributed by atoms with Gasteiger partial charge in [-0.2, -0.15) is 0 Å². The summed E-state index contributed by atoms with van der Waals surface area (Å²) in [5.41, 5.74) is 0.565. The lowest BCUT2D eigenvalue weighted by molar-refractivity contribution is -0.0461. The Balaban J connectivity index is 1.54. The molecule has 1 aromatic rings. The number of rotatable bonds is 4. The van der Waals surface area contributed by atoms with Crippen LogP contribution in [-0.2, 0) is 4.74 Å². The molecule has 0 spiro atoms. The number of hydrogen-bond acceptors (Lipinski definition) is 4. The van der Waals surface area contributed by atoms with Gasteiger partial charge in [-0.05, 0) is 31.5 Å². The van der Waals surface area contributed by atoms with Crippen LogP contribution in [0.25, 0.3) is 0 Å². The van der Waals surface area contributed by atoms with E-state index in [4.69, 9.17) is 9.47 Å². The van der Waals surface area contributed by atoms with Crippen molar-refractivity contribution in [1.29, 1.82) is 0 Å². The van der Waals surface area contributed by atoms with Crippen LogP contribution in [0, 0.1) is 0 Å². The first kappa shape index (κ1) is 14.4. The Morgan fingerprint density at radius 3 is 3.19 bits per heavy atom. The van der Waals surface area contributed by atoms with E-state index in [2.05, 4.69) is 10.2 Å². The Morgan fingerprint density at radius 2 is 2.33 bits per heavy atom. The van der Waals surface area contributed by atoms with E-state index in [0.717, 1.165) is 19.7 Å². The zero-order valence-corrected chi connectivity index (χ0v) is 12.4. The van der Waals surface area contributed by atoms with Crippen LogP contribution in [0.4, 0.5) is 0 Å². The van der Waals surface area contributed by atoms with Crippen molar-refractivity contribution in [1.82, 2.24) is 10.2 Å². The van der Waals surface area contributed by atoms with Gasteiger partial charge in [-0.25, -0.2) is 0 Å². The molecular weight excluding hydrogens is 268 g/mol. The third-order valence-electron chi connectivity index (χ3n) is 4.30. The minimum absolute atomic E-state index is 0.0815. The highest BCUT2D eigenvalue weighted by Crippen LogP contribution is 2.22. The van der Waals surface area contributed by atoms with Crippen LogP contribution in [0.3, 0.4) is 0 Å². The Hall–Kier alpha value is -1.59. The van der Waals surface area contributed by atoms with E-state index in [0.29, 0.717) is 23.9 Å². The topological polar surface area (TPSA) is 50.8 Å². The highest BCUT2D eigenvalue weighted by Gasteiger charge is 2.32. The van der Waals surface area contributed by atoms with Crippen molar-refractivity contribution in [2.75, 3.05) is 33.4 Å². The largest absolute Gasteiger partial charge is 0.496 e. The molecule has 3 rings (SSSR count). The van der Waals surface area contributed by atoms with Gasteiger partial charge in [0, 0.05) is 19.1 Å². The molecule has 0 bridgehead atoms. The number of nitrogens with zero attached hydrogens (tertiary/aromatic N) is 1. The van der Waals surface area contributed by atoms with Crippen LogP contribution in [0.15, 0.2) is 24.3 Å². The third-order valence-corrected chi connectivity index (χ3v) is 4.30. The monoisotopic (exact) mass is 290 g/mol. The summed E-state index contributed by atoms with van der Waals surface area (Å²) < 4.78 is 11.1. The summed E-state index contributed by atoms with van der Waals surface area (Å²) in [5.74, 6) is 0.485. The lowest BCUT2D eigenvalue weighted by atomic mass is 10.1. The first-order chi connectivity index (χ1) is 10.3. The van der Waals surface area contributed by atoms with Crippen molar-refractivity contribution in [3.05, 3.63) is 29.8 Å². The molecule has 0 saturated carbocycles. The van der Waals surface area contributed by atoms with E-state index >= 15 is 0 Å². The van der Waals surface area contributed by atoms with Crippen LogP contribution < -0.4 is 10.1 Å². The molecule has 114 valence electrons. The molecule has 2 heterocycles. The van der Waals surface area contributed by atoms with Crippen LogP contribution >= 0.6 is 0 Å². The molecule has 2 fully saturated rings. The second kappa shape index (κ2) is 6.45. The molecule has 2 atom stereocenters. The third kappa shape index (κ3) is 3.19. The Bertz CT molecular complexity index is 506. The average Bonchev–Trinajstić information content (AvgIpc) is 3.00. The van der Waals surface area contributed by atoms with Gasteiger partial charge in [-0.1, -0.05) is 12.1 Å². The van der Waals surface area contributed by atoms with Crippen molar-refractivity contribution in [3.8, 4) is 5.75 Å². The quantitative estimate of drug-likeness (QED) is 0.908. The van der Waals surface area contributed by atoms with Crippen molar-refractivity contribution in [2.24, 2.45) is 0 Å². The van der Waals surface area contributed by atoms with Gasteiger partial charge in [0.1, 0.15) is 5.75 Å². The first-order valence-corrected chi connectivity index (χ1v) is 7.55. The predicted molar refractivity (Wildman–Crippen MR) is 79.7 cm³/mol. The number of benzene rings is 1. The summed E-state index contributed by atoms with van der Waals surface area (Å²) in [4.78, 5) is 14.7. The number of fused-ring (bicyclic) bond motifs is 1. The number of nitrogens with one attached hydrogen (secondary N) is 1. The van der Waals surface area contributed by atoms with Gasteiger partial charge in [0.25, 0.3) is 5.91 Å². The summed E-state index contributed by atoms with van der Waals surface area (Å²) in [5, 5.41) is 2.95. The van der Waals surface area contributed by atoms with E-state index in [1.54, 1.807) is 19.2 Å². The standard InChI is InChI=1S/C16H22N2O3/c1-20-15-7-3-2-6-14(15)16(19)17-9-13-10-18-8-4-5-12(18)11-21-13/h2-3,6-7,12-13H,4-5,8-11H2,1H3,(H,17,19)/t12-,13+/m1/s1. The van der Waals surface area contributed by atoms with Gasteiger partial charge in [0.05, 0.1) is 25.4 Å². The molecule has 2 saturated heterocycles. The summed E-state index contributed by atoms with van der Waals surface area (Å²) in [7, 11) is 1.57. The number of carbonyl (C=O) groups excluding carboxylic acids is 1. The van der Waals surface area contributed by atoms with E-state index in [-0.39, 0.29) is 12.0 Å². The molecule has 1 N–H and O–H groups in total. The second-order valence-electron chi connectivity index (χ2n) is 5.66. The number of hydrogen-bond donors (Lipinski definition) is 1. The van der Waals surface area contributed by atoms with Gasteiger partial charge in [0.15, 0.2) is 0 Å². The van der Waals surface area contributed by atoms with Gasteiger partial charge < -0.3 is 14.8 Å². The number of methoxy groups -OCH3 is 1. The summed E-state index contributed by atoms with van der Waals surface area (Å²) in [6.45, 7) is 3.40. The van der Waals surface area contributed by atoms with Crippen molar-refractivity contribution in [3.63, 3.8) is 0 Å². The SMILES string of the molecule is COc1ccccc1C(=O)NC[C@H]1CN2CCC[C@@H]2CO1. The second-order valence-corrected chi connectivity index (χ2v) is 5.66. The fourth-order valence-electron chi connectivity index (χ4n) is 3.14. The highest BCUT2D eigenvalue weighted by molar-refractivity contribution is 5.96. The predicted octanol–water partition coefficient (Wildman–Crippen LogP) is 1.29. The molecule has 0 aliphatic carbocycles. The Morgan fingerprint density at radius 1 is 1.48 bits per heavy atom. The van der Waals surface area contributed by atoms with Gasteiger partial charge in [0.2, 0.25) is 0 Å². The van der Waals surface area contributed by atoms with Crippen LogP contribution in [0.5, 0.6) is 5.75 Å². The number of carbonyl (C=O) groups is 1. The minimum atomic E-state index is -0.111. The molecule has 0 aromatic heterocycles. The molecule has 2 aliphatic rings. The molecule has 1 aromatic carbocycles. The average molecular weight is 290 g/mol. The molecule has 2 aliphatic heterocycles. The van der Waals surface area contributed by atoms with Gasteiger partial charge >= 0.3 is 0 Å². The number of para-hydroxylation sites is 1. The molecule has 21 heavy (non-hydrogen) atoms. The zero-order valence-electron chi connectivity index (χ0n) is 12.4. The fraction of sp³-hybridized carbons (Fsp3) is 0.562. The van der Waals surface area contributed by atoms with Crippen LogP contribution in [0.1, 0.15) is 23.2 Å². The normalized spacial score (nSPS) is 25.4. The lowest BCUT2D eigenvalue weighted by Crippen LogP contribution is -2.50. The minimum Gasteiger partial charge on any atom is -0.496 e. The molecule has 1 amide bonds. The Labute approximate surface area is 125 Å². The first-order valence-electron chi connectivity index (χ1n) is 7.55. The van der Waals surface area contributed by atoms with E-state index in [9.17, 15) is 4.79 Å². The lowest BCUT2D eigenvalue weighted by Gasteiger charge is -2.35. The van der Waals surface area contributed by atoms with E-state index < -0.39 is 0 Å². The molecule has 5 heteroatoms. The maximum Gasteiger partial charge on any atom is 0.255 e. The van der Waals surface area contributed by atoms with Crippen molar-refractivity contribution in [2.45, 2.75) is 25.0 Å². The number of amides is 1. The summed E-state index contributed by atoms with van der Waals surface area (Å²) in [6, 6.07) is 7.84. The maximum absolute atomic E-state index is 12.2. The summed E-state index contributed by atoms with van der Waals surface area (Å²) >= 11 is 0. The smallest absolute Gasteiger partial charge is 0.255 e. The fourth-order valence-corrected chi connectivity index (χ4v) is 3.14. The summed E-state index contributed by atoms with van der Waals surface area (Å²) in [6.07, 6.45) is 2.58. The van der Waals surface area contributed by atoms with Crippen LogP contribution in [0.2, 0.25) is 0 Å². The molecule has 0 radical (unpaired) electrons. The molecule has 0 unspecified atom stereocenters. The molecule has 5 nitrogen and oxygen atoms in total.